The molecule has 7 heteroatoms. The zero-order chi connectivity index (χ0) is 13.8. The van der Waals surface area contributed by atoms with Crippen molar-refractivity contribution >= 4 is 28.1 Å². The highest BCUT2D eigenvalue weighted by Gasteiger charge is 2.13. The van der Waals surface area contributed by atoms with Crippen molar-refractivity contribution in [1.29, 1.82) is 0 Å². The lowest BCUT2D eigenvalue weighted by molar-refractivity contribution is 0.102. The van der Waals surface area contributed by atoms with E-state index in [2.05, 4.69) is 10.3 Å². The van der Waals surface area contributed by atoms with Crippen LogP contribution in [0.15, 0.2) is 23.6 Å². The van der Waals surface area contributed by atoms with Crippen LogP contribution in [-0.4, -0.2) is 25.1 Å². The number of carbonyl (C=O) groups excluding carboxylic acids is 1. The van der Waals surface area contributed by atoms with Gasteiger partial charge in [0.1, 0.15) is 17.2 Å². The molecule has 3 N–H and O–H groups in total. The van der Waals surface area contributed by atoms with Crippen LogP contribution in [-0.2, 0) is 0 Å². The van der Waals surface area contributed by atoms with Gasteiger partial charge in [-0.1, -0.05) is 0 Å². The molecule has 0 saturated heterocycles. The Labute approximate surface area is 114 Å². The van der Waals surface area contributed by atoms with Gasteiger partial charge in [0.15, 0.2) is 5.13 Å². The molecule has 0 aliphatic heterocycles. The Morgan fingerprint density at radius 1 is 1.37 bits per heavy atom. The zero-order valence-corrected chi connectivity index (χ0v) is 11.3. The fraction of sp³-hybridized carbons (Fsp3) is 0.167. The smallest absolute Gasteiger partial charge is 0.275 e. The Morgan fingerprint density at radius 3 is 2.74 bits per heavy atom. The fourth-order valence-corrected chi connectivity index (χ4v) is 2.03. The van der Waals surface area contributed by atoms with Crippen LogP contribution >= 0.6 is 11.3 Å². The predicted octanol–water partition coefficient (Wildman–Crippen LogP) is 1.99. The minimum Gasteiger partial charge on any atom is -0.497 e. The van der Waals surface area contributed by atoms with Gasteiger partial charge in [-0.3, -0.25) is 4.79 Å². The van der Waals surface area contributed by atoms with Crippen molar-refractivity contribution in [3.63, 3.8) is 0 Å². The Balaban J connectivity index is 2.24. The standard InChI is InChI=1S/C12H13N3O3S/c1-17-7-3-4-10(18-2)8(5-7)14-11(16)9-6-19-12(13)15-9/h3-6H,1-2H3,(H2,13,15)(H,14,16). The number of nitrogens with one attached hydrogen (secondary N) is 1. The van der Waals surface area contributed by atoms with Crippen LogP contribution in [0.4, 0.5) is 10.8 Å². The van der Waals surface area contributed by atoms with E-state index in [1.165, 1.54) is 18.4 Å². The lowest BCUT2D eigenvalue weighted by atomic mass is 10.2. The van der Waals surface area contributed by atoms with Gasteiger partial charge in [0.05, 0.1) is 19.9 Å². The third-order valence-electron chi connectivity index (χ3n) is 2.41. The number of benzene rings is 1. The molecule has 0 radical (unpaired) electrons. The second kappa shape index (κ2) is 5.57. The van der Waals surface area contributed by atoms with E-state index in [9.17, 15) is 4.79 Å². The Kier molecular flexibility index (Phi) is 3.86. The maximum absolute atomic E-state index is 12.0. The SMILES string of the molecule is COc1ccc(OC)c(NC(=O)c2csc(N)n2)c1. The molecule has 0 atom stereocenters. The number of rotatable bonds is 4. The number of aromatic nitrogens is 1. The molecule has 0 saturated carbocycles. The van der Waals surface area contributed by atoms with E-state index in [4.69, 9.17) is 15.2 Å². The van der Waals surface area contributed by atoms with E-state index in [-0.39, 0.29) is 11.6 Å². The number of thiazole rings is 1. The van der Waals surface area contributed by atoms with Gasteiger partial charge in [-0.05, 0) is 12.1 Å². The molecule has 100 valence electrons. The first-order chi connectivity index (χ1) is 9.13. The lowest BCUT2D eigenvalue weighted by Crippen LogP contribution is -2.13. The van der Waals surface area contributed by atoms with Crippen LogP contribution in [0.25, 0.3) is 0 Å². The maximum atomic E-state index is 12.0. The summed E-state index contributed by atoms with van der Waals surface area (Å²) in [7, 11) is 3.08. The largest absolute Gasteiger partial charge is 0.497 e. The van der Waals surface area contributed by atoms with Gasteiger partial charge in [-0.15, -0.1) is 11.3 Å². The molecule has 0 aliphatic carbocycles. The molecule has 2 aromatic rings. The van der Waals surface area contributed by atoms with E-state index in [0.717, 1.165) is 0 Å². The van der Waals surface area contributed by atoms with Gasteiger partial charge in [0, 0.05) is 11.4 Å². The lowest BCUT2D eigenvalue weighted by Gasteiger charge is -2.10. The maximum Gasteiger partial charge on any atom is 0.275 e. The molecule has 0 unspecified atom stereocenters. The first kappa shape index (κ1) is 13.2. The highest BCUT2D eigenvalue weighted by atomic mass is 32.1. The van der Waals surface area contributed by atoms with Gasteiger partial charge in [-0.2, -0.15) is 0 Å². The van der Waals surface area contributed by atoms with Gasteiger partial charge in [-0.25, -0.2) is 4.98 Å². The summed E-state index contributed by atoms with van der Waals surface area (Å²) >= 11 is 1.21. The Bertz CT molecular complexity index is 598. The molecule has 0 fully saturated rings. The number of hydrogen-bond acceptors (Lipinski definition) is 6. The number of hydrogen-bond donors (Lipinski definition) is 2. The monoisotopic (exact) mass is 279 g/mol. The Morgan fingerprint density at radius 2 is 2.16 bits per heavy atom. The number of carbonyl (C=O) groups is 1. The minimum absolute atomic E-state index is 0.271. The zero-order valence-electron chi connectivity index (χ0n) is 10.5. The van der Waals surface area contributed by atoms with Crippen LogP contribution in [0.5, 0.6) is 11.5 Å². The molecular formula is C12H13N3O3S. The third kappa shape index (κ3) is 2.94. The number of nitrogen functional groups attached to an aromatic ring is 1. The Hall–Kier alpha value is -2.28. The summed E-state index contributed by atoms with van der Waals surface area (Å²) in [5.74, 6) is 0.811. The topological polar surface area (TPSA) is 86.5 Å². The van der Waals surface area contributed by atoms with Crippen molar-refractivity contribution in [3.8, 4) is 11.5 Å². The second-order valence-corrected chi connectivity index (χ2v) is 4.48. The van der Waals surface area contributed by atoms with Crippen molar-refractivity contribution in [2.45, 2.75) is 0 Å². The minimum atomic E-state index is -0.348. The number of nitrogens with two attached hydrogens (primary N) is 1. The molecule has 0 spiro atoms. The van der Waals surface area contributed by atoms with E-state index in [1.54, 1.807) is 30.7 Å². The molecular weight excluding hydrogens is 266 g/mol. The first-order valence-electron chi connectivity index (χ1n) is 5.38. The molecule has 1 heterocycles. The number of methoxy groups -OCH3 is 2. The van der Waals surface area contributed by atoms with E-state index in [1.807, 2.05) is 0 Å². The number of ether oxygens (including phenoxy) is 2. The number of anilines is 2. The molecule has 19 heavy (non-hydrogen) atoms. The van der Waals surface area contributed by atoms with Crippen molar-refractivity contribution in [1.82, 2.24) is 4.98 Å². The molecule has 1 aromatic heterocycles. The summed E-state index contributed by atoms with van der Waals surface area (Å²) in [6.07, 6.45) is 0. The number of amides is 1. The molecule has 0 bridgehead atoms. The van der Waals surface area contributed by atoms with Crippen LogP contribution in [0.3, 0.4) is 0 Å². The van der Waals surface area contributed by atoms with Gasteiger partial charge < -0.3 is 20.5 Å². The highest BCUT2D eigenvalue weighted by Crippen LogP contribution is 2.29. The van der Waals surface area contributed by atoms with Crippen LogP contribution in [0.1, 0.15) is 10.5 Å². The van der Waals surface area contributed by atoms with Crippen molar-refractivity contribution in [2.75, 3.05) is 25.3 Å². The van der Waals surface area contributed by atoms with E-state index < -0.39 is 0 Å². The highest BCUT2D eigenvalue weighted by molar-refractivity contribution is 7.13. The van der Waals surface area contributed by atoms with E-state index in [0.29, 0.717) is 22.3 Å². The average molecular weight is 279 g/mol. The second-order valence-electron chi connectivity index (χ2n) is 3.59. The van der Waals surface area contributed by atoms with Crippen LogP contribution in [0, 0.1) is 0 Å². The van der Waals surface area contributed by atoms with Crippen LogP contribution < -0.4 is 20.5 Å². The van der Waals surface area contributed by atoms with Gasteiger partial charge in [0.25, 0.3) is 5.91 Å². The summed E-state index contributed by atoms with van der Waals surface area (Å²) in [5.41, 5.74) is 6.28. The van der Waals surface area contributed by atoms with Crippen molar-refractivity contribution in [2.24, 2.45) is 0 Å². The third-order valence-corrected chi connectivity index (χ3v) is 3.08. The fourth-order valence-electron chi connectivity index (χ4n) is 1.49. The first-order valence-corrected chi connectivity index (χ1v) is 6.26. The molecule has 1 aromatic carbocycles. The quantitative estimate of drug-likeness (QED) is 0.893. The molecule has 1 amide bonds. The molecule has 0 aliphatic rings. The summed E-state index contributed by atoms with van der Waals surface area (Å²) < 4.78 is 10.3. The summed E-state index contributed by atoms with van der Waals surface area (Å²) in [4.78, 5) is 15.9. The van der Waals surface area contributed by atoms with E-state index >= 15 is 0 Å². The summed E-state index contributed by atoms with van der Waals surface area (Å²) in [5, 5.41) is 4.65. The molecule has 6 nitrogen and oxygen atoms in total. The number of nitrogens with zero attached hydrogens (tertiary/aromatic N) is 1. The summed E-state index contributed by atoms with van der Waals surface area (Å²) in [6.45, 7) is 0. The summed E-state index contributed by atoms with van der Waals surface area (Å²) in [6, 6.07) is 5.13. The van der Waals surface area contributed by atoms with Gasteiger partial charge >= 0.3 is 0 Å². The van der Waals surface area contributed by atoms with Crippen LogP contribution in [0.2, 0.25) is 0 Å². The van der Waals surface area contributed by atoms with Crippen molar-refractivity contribution < 1.29 is 14.3 Å². The normalized spacial score (nSPS) is 10.0. The average Bonchev–Trinajstić information content (AvgIpc) is 2.85. The molecule has 2 rings (SSSR count). The van der Waals surface area contributed by atoms with Gasteiger partial charge in [0.2, 0.25) is 0 Å². The van der Waals surface area contributed by atoms with Crippen molar-refractivity contribution in [3.05, 3.63) is 29.3 Å². The predicted molar refractivity (Wildman–Crippen MR) is 74.0 cm³/mol.